The standard InChI is InChI=1S/C10H25NO2Si/c1-4-8-12-14(3,10-6-7-11)13-9-5-2/h4-11H2,1-3H3. The van der Waals surface area contributed by atoms with E-state index in [-0.39, 0.29) is 0 Å². The highest BCUT2D eigenvalue weighted by atomic mass is 28.4. The fraction of sp³-hybridized carbons (Fsp3) is 1.00. The van der Waals surface area contributed by atoms with Gasteiger partial charge in [-0.1, -0.05) is 13.8 Å². The van der Waals surface area contributed by atoms with Crippen LogP contribution in [0.1, 0.15) is 33.1 Å². The molecule has 0 unspecified atom stereocenters. The molecule has 0 saturated heterocycles. The van der Waals surface area contributed by atoms with Crippen molar-refractivity contribution in [1.29, 1.82) is 0 Å². The smallest absolute Gasteiger partial charge is 0.334 e. The zero-order chi connectivity index (χ0) is 10.9. The molecule has 0 aromatic heterocycles. The Kier molecular flexibility index (Phi) is 8.47. The van der Waals surface area contributed by atoms with Gasteiger partial charge in [0.05, 0.1) is 0 Å². The van der Waals surface area contributed by atoms with E-state index in [0.29, 0.717) is 0 Å². The van der Waals surface area contributed by atoms with Gasteiger partial charge in [0, 0.05) is 13.2 Å². The van der Waals surface area contributed by atoms with Crippen LogP contribution < -0.4 is 5.73 Å². The molecule has 0 aliphatic carbocycles. The largest absolute Gasteiger partial charge is 0.394 e. The van der Waals surface area contributed by atoms with Crippen molar-refractivity contribution in [2.75, 3.05) is 19.8 Å². The van der Waals surface area contributed by atoms with Crippen molar-refractivity contribution in [3.63, 3.8) is 0 Å². The minimum atomic E-state index is -1.89. The molecule has 0 spiro atoms. The summed E-state index contributed by atoms with van der Waals surface area (Å²) >= 11 is 0. The average Bonchev–Trinajstić information content (AvgIpc) is 2.21. The molecule has 0 heterocycles. The lowest BCUT2D eigenvalue weighted by molar-refractivity contribution is 0.173. The molecular formula is C10H25NO2Si. The molecule has 14 heavy (non-hydrogen) atoms. The molecule has 0 aromatic carbocycles. The van der Waals surface area contributed by atoms with Crippen LogP contribution in [0.5, 0.6) is 0 Å². The van der Waals surface area contributed by atoms with E-state index >= 15 is 0 Å². The Balaban J connectivity index is 3.89. The first-order chi connectivity index (χ1) is 6.68. The summed E-state index contributed by atoms with van der Waals surface area (Å²) in [6.07, 6.45) is 3.12. The molecule has 0 radical (unpaired) electrons. The Morgan fingerprint density at radius 2 is 1.57 bits per heavy atom. The van der Waals surface area contributed by atoms with Crippen LogP contribution in [0.4, 0.5) is 0 Å². The molecule has 3 nitrogen and oxygen atoms in total. The van der Waals surface area contributed by atoms with Crippen molar-refractivity contribution >= 4 is 8.56 Å². The van der Waals surface area contributed by atoms with Crippen molar-refractivity contribution in [2.45, 2.75) is 45.7 Å². The van der Waals surface area contributed by atoms with E-state index in [0.717, 1.165) is 45.1 Å². The minimum absolute atomic E-state index is 0.730. The fourth-order valence-corrected chi connectivity index (χ4v) is 3.74. The van der Waals surface area contributed by atoms with Crippen molar-refractivity contribution < 1.29 is 8.85 Å². The van der Waals surface area contributed by atoms with Gasteiger partial charge in [0.2, 0.25) is 0 Å². The molecule has 0 saturated carbocycles. The first-order valence-electron chi connectivity index (χ1n) is 5.66. The highest BCUT2D eigenvalue weighted by molar-refractivity contribution is 6.66. The first-order valence-corrected chi connectivity index (χ1v) is 8.19. The van der Waals surface area contributed by atoms with Crippen LogP contribution in [0.25, 0.3) is 0 Å². The Morgan fingerprint density at radius 3 is 1.93 bits per heavy atom. The maximum atomic E-state index is 5.84. The molecule has 0 atom stereocenters. The molecule has 0 fully saturated rings. The van der Waals surface area contributed by atoms with Crippen LogP contribution >= 0.6 is 0 Å². The maximum Gasteiger partial charge on any atom is 0.334 e. The van der Waals surface area contributed by atoms with Crippen LogP contribution in [-0.4, -0.2) is 28.3 Å². The molecule has 0 amide bonds. The van der Waals surface area contributed by atoms with Crippen LogP contribution in [0, 0.1) is 0 Å². The van der Waals surface area contributed by atoms with E-state index in [1.54, 1.807) is 0 Å². The minimum Gasteiger partial charge on any atom is -0.394 e. The summed E-state index contributed by atoms with van der Waals surface area (Å²) in [6, 6.07) is 1.02. The molecular weight excluding hydrogens is 194 g/mol. The Bertz CT molecular complexity index is 112. The van der Waals surface area contributed by atoms with E-state index in [2.05, 4.69) is 20.4 Å². The zero-order valence-corrected chi connectivity index (χ0v) is 10.8. The summed E-state index contributed by atoms with van der Waals surface area (Å²) in [6.45, 7) is 8.75. The monoisotopic (exact) mass is 219 g/mol. The van der Waals surface area contributed by atoms with Gasteiger partial charge < -0.3 is 14.6 Å². The number of hydrogen-bond acceptors (Lipinski definition) is 3. The topological polar surface area (TPSA) is 44.5 Å². The summed E-state index contributed by atoms with van der Waals surface area (Å²) in [5, 5.41) is 0. The van der Waals surface area contributed by atoms with Gasteiger partial charge in [-0.05, 0) is 38.4 Å². The van der Waals surface area contributed by atoms with Gasteiger partial charge in [0.25, 0.3) is 0 Å². The lowest BCUT2D eigenvalue weighted by Crippen LogP contribution is -2.39. The molecule has 2 N–H and O–H groups in total. The lowest BCUT2D eigenvalue weighted by atomic mass is 10.5. The maximum absolute atomic E-state index is 5.84. The van der Waals surface area contributed by atoms with E-state index in [1.165, 1.54) is 0 Å². The summed E-state index contributed by atoms with van der Waals surface area (Å²) in [7, 11) is -1.89. The molecule has 86 valence electrons. The van der Waals surface area contributed by atoms with Gasteiger partial charge >= 0.3 is 8.56 Å². The highest BCUT2D eigenvalue weighted by Crippen LogP contribution is 2.16. The third-order valence-electron chi connectivity index (χ3n) is 2.06. The molecule has 0 rings (SSSR count). The predicted octanol–water partition coefficient (Wildman–Crippen LogP) is 2.26. The van der Waals surface area contributed by atoms with E-state index in [1.807, 2.05) is 0 Å². The van der Waals surface area contributed by atoms with Gasteiger partial charge in [0.15, 0.2) is 0 Å². The second kappa shape index (κ2) is 8.41. The summed E-state index contributed by atoms with van der Waals surface area (Å²) < 4.78 is 11.7. The average molecular weight is 219 g/mol. The Morgan fingerprint density at radius 1 is 1.07 bits per heavy atom. The zero-order valence-electron chi connectivity index (χ0n) is 9.84. The van der Waals surface area contributed by atoms with E-state index < -0.39 is 8.56 Å². The van der Waals surface area contributed by atoms with Crippen molar-refractivity contribution in [3.8, 4) is 0 Å². The van der Waals surface area contributed by atoms with Gasteiger partial charge in [-0.15, -0.1) is 0 Å². The quantitative estimate of drug-likeness (QED) is 0.605. The van der Waals surface area contributed by atoms with Crippen molar-refractivity contribution in [2.24, 2.45) is 5.73 Å². The summed E-state index contributed by atoms with van der Waals surface area (Å²) in [4.78, 5) is 0. The SMILES string of the molecule is CCCO[Si](C)(CCCN)OCCC. The van der Waals surface area contributed by atoms with Crippen LogP contribution in [0.2, 0.25) is 12.6 Å². The lowest BCUT2D eigenvalue weighted by Gasteiger charge is -2.26. The van der Waals surface area contributed by atoms with Gasteiger partial charge in [-0.2, -0.15) is 0 Å². The second-order valence-corrected chi connectivity index (χ2v) is 7.07. The van der Waals surface area contributed by atoms with E-state index in [9.17, 15) is 0 Å². The first kappa shape index (κ1) is 14.1. The summed E-state index contributed by atoms with van der Waals surface area (Å²) in [5.41, 5.74) is 5.50. The third-order valence-corrected chi connectivity index (χ3v) is 4.95. The number of nitrogens with two attached hydrogens (primary N) is 1. The normalized spacial score (nSPS) is 12.0. The van der Waals surface area contributed by atoms with E-state index in [4.69, 9.17) is 14.6 Å². The molecule has 0 aliphatic rings. The molecule has 0 aliphatic heterocycles. The van der Waals surface area contributed by atoms with Crippen LogP contribution in [0.3, 0.4) is 0 Å². The van der Waals surface area contributed by atoms with Crippen LogP contribution in [-0.2, 0) is 8.85 Å². The fourth-order valence-electron chi connectivity index (χ4n) is 1.25. The molecule has 4 heteroatoms. The number of hydrogen-bond donors (Lipinski definition) is 1. The molecule has 0 bridgehead atoms. The van der Waals surface area contributed by atoms with Crippen LogP contribution in [0.15, 0.2) is 0 Å². The second-order valence-electron chi connectivity index (χ2n) is 3.72. The summed E-state index contributed by atoms with van der Waals surface area (Å²) in [5.74, 6) is 0. The van der Waals surface area contributed by atoms with Gasteiger partial charge in [0.1, 0.15) is 0 Å². The predicted molar refractivity (Wildman–Crippen MR) is 62.6 cm³/mol. The van der Waals surface area contributed by atoms with Gasteiger partial charge in [-0.25, -0.2) is 0 Å². The van der Waals surface area contributed by atoms with Crippen molar-refractivity contribution in [3.05, 3.63) is 0 Å². The molecule has 0 aromatic rings. The Hall–Kier alpha value is 0.0969. The van der Waals surface area contributed by atoms with Crippen molar-refractivity contribution in [1.82, 2.24) is 0 Å². The number of rotatable bonds is 9. The highest BCUT2D eigenvalue weighted by Gasteiger charge is 2.30. The van der Waals surface area contributed by atoms with Gasteiger partial charge in [-0.3, -0.25) is 0 Å². The Labute approximate surface area is 89.2 Å². The third kappa shape index (κ3) is 6.54.